The molecule has 0 bridgehead atoms. The van der Waals surface area contributed by atoms with Crippen LogP contribution in [-0.2, 0) is 20.7 Å². The fourth-order valence-electron chi connectivity index (χ4n) is 4.66. The zero-order chi connectivity index (χ0) is 20.0. The van der Waals surface area contributed by atoms with E-state index in [1.165, 1.54) is 29.6 Å². The van der Waals surface area contributed by atoms with Gasteiger partial charge in [0.2, 0.25) is 11.8 Å². The van der Waals surface area contributed by atoms with E-state index in [4.69, 9.17) is 4.74 Å². The van der Waals surface area contributed by atoms with E-state index < -0.39 is 0 Å². The van der Waals surface area contributed by atoms with Crippen LogP contribution in [0.25, 0.3) is 0 Å². The molecular weight excluding hydrogens is 366 g/mol. The van der Waals surface area contributed by atoms with Gasteiger partial charge in [0.25, 0.3) is 0 Å². The summed E-state index contributed by atoms with van der Waals surface area (Å²) in [5, 5.41) is 0. The highest BCUT2D eigenvalue weighted by Gasteiger charge is 2.32. The zero-order valence-corrected chi connectivity index (χ0v) is 16.9. The molecule has 0 N–H and O–H groups in total. The van der Waals surface area contributed by atoms with Crippen molar-refractivity contribution in [2.75, 3.05) is 31.6 Å². The molecule has 0 atom stereocenters. The summed E-state index contributed by atoms with van der Waals surface area (Å²) in [4.78, 5) is 33.7. The topological polar surface area (TPSA) is 62.7 Å². The fourth-order valence-corrected chi connectivity index (χ4v) is 4.66. The molecule has 5 rings (SSSR count). The number of methoxy groups -OCH3 is 1. The van der Waals surface area contributed by atoms with Crippen LogP contribution in [-0.4, -0.2) is 48.4 Å². The lowest BCUT2D eigenvalue weighted by Gasteiger charge is -2.34. The maximum absolute atomic E-state index is 13.1. The van der Waals surface area contributed by atoms with E-state index in [9.17, 15) is 9.59 Å². The smallest absolute Gasteiger partial charge is 0.243 e. The van der Waals surface area contributed by atoms with E-state index in [-0.39, 0.29) is 18.4 Å². The standard InChI is InChI=1S/C23H27N3O3/c1-29-20-6-4-16-8-9-25(13-19(16)11-20)22(28)14-26-21(27)7-5-17-10-18(15-2-3-15)12-24-23(17)26/h10-12,15H,2-9,13-14H2,1H3. The van der Waals surface area contributed by atoms with Crippen LogP contribution in [0.5, 0.6) is 0 Å². The molecule has 1 saturated carbocycles. The van der Waals surface area contributed by atoms with Crippen molar-refractivity contribution >= 4 is 17.6 Å². The highest BCUT2D eigenvalue weighted by Crippen LogP contribution is 2.41. The van der Waals surface area contributed by atoms with Crippen LogP contribution in [0, 0.1) is 0 Å². The minimum absolute atomic E-state index is 0.00586. The molecule has 0 saturated heterocycles. The van der Waals surface area contributed by atoms with Crippen molar-refractivity contribution in [1.29, 1.82) is 0 Å². The molecule has 3 heterocycles. The van der Waals surface area contributed by atoms with Crippen LogP contribution < -0.4 is 4.90 Å². The normalized spacial score (nSPS) is 21.6. The number of fused-ring (bicyclic) bond motifs is 1. The van der Waals surface area contributed by atoms with Gasteiger partial charge in [0, 0.05) is 32.1 Å². The number of nitrogens with zero attached hydrogens (tertiary/aromatic N) is 3. The number of amides is 2. The number of aryl methyl sites for hydroxylation is 1. The van der Waals surface area contributed by atoms with Crippen LogP contribution in [0.2, 0.25) is 0 Å². The van der Waals surface area contributed by atoms with Crippen molar-refractivity contribution in [1.82, 2.24) is 9.88 Å². The zero-order valence-electron chi connectivity index (χ0n) is 16.9. The number of carbonyl (C=O) groups excluding carboxylic acids is 2. The fraction of sp³-hybridized carbons (Fsp3) is 0.522. The first-order valence-corrected chi connectivity index (χ1v) is 10.6. The second-order valence-corrected chi connectivity index (χ2v) is 8.51. The molecule has 0 radical (unpaired) electrons. The minimum atomic E-state index is -0.0104. The lowest BCUT2D eigenvalue weighted by Crippen LogP contribution is -2.47. The Balaban J connectivity index is 1.32. The van der Waals surface area contributed by atoms with E-state index in [1.54, 1.807) is 12.0 Å². The third-order valence-electron chi connectivity index (χ3n) is 6.59. The van der Waals surface area contributed by atoms with E-state index in [1.807, 2.05) is 11.1 Å². The van der Waals surface area contributed by atoms with E-state index >= 15 is 0 Å². The van der Waals surface area contributed by atoms with Crippen molar-refractivity contribution < 1.29 is 14.3 Å². The van der Waals surface area contributed by atoms with Crippen molar-refractivity contribution in [3.05, 3.63) is 46.4 Å². The predicted octanol–water partition coefficient (Wildman–Crippen LogP) is 3.09. The van der Waals surface area contributed by atoms with E-state index in [0.717, 1.165) is 43.6 Å². The van der Waals surface area contributed by atoms with Crippen molar-refractivity contribution in [3.8, 4) is 0 Å². The lowest BCUT2D eigenvalue weighted by atomic mass is 9.90. The largest absolute Gasteiger partial charge is 0.501 e. The van der Waals surface area contributed by atoms with Crippen LogP contribution >= 0.6 is 0 Å². The summed E-state index contributed by atoms with van der Waals surface area (Å²) in [6.07, 6.45) is 10.5. The summed E-state index contributed by atoms with van der Waals surface area (Å²) in [5.74, 6) is 2.28. The first-order chi connectivity index (χ1) is 14.1. The first-order valence-electron chi connectivity index (χ1n) is 10.6. The van der Waals surface area contributed by atoms with Gasteiger partial charge in [-0.3, -0.25) is 14.5 Å². The van der Waals surface area contributed by atoms with Gasteiger partial charge in [0.1, 0.15) is 12.4 Å². The van der Waals surface area contributed by atoms with Gasteiger partial charge in [-0.15, -0.1) is 0 Å². The number of ether oxygens (including phenoxy) is 1. The number of pyridine rings is 1. The van der Waals surface area contributed by atoms with Crippen LogP contribution in [0.15, 0.2) is 35.2 Å². The van der Waals surface area contributed by atoms with Gasteiger partial charge >= 0.3 is 0 Å². The molecule has 2 amide bonds. The Morgan fingerprint density at radius 3 is 2.86 bits per heavy atom. The number of allylic oxidation sites excluding steroid dienone is 1. The number of carbonyl (C=O) groups is 2. The summed E-state index contributed by atoms with van der Waals surface area (Å²) in [6, 6.07) is 2.20. The van der Waals surface area contributed by atoms with Gasteiger partial charge in [-0.05, 0) is 60.8 Å². The molecule has 0 unspecified atom stereocenters. The van der Waals surface area contributed by atoms with Gasteiger partial charge in [0.15, 0.2) is 0 Å². The summed E-state index contributed by atoms with van der Waals surface area (Å²) < 4.78 is 5.40. The third kappa shape index (κ3) is 3.56. The molecule has 1 aromatic heterocycles. The SMILES string of the molecule is COC1=CC2=C(CC1)CCN(C(=O)CN1C(=O)CCc3cc(C4CC4)cnc31)C2. The molecule has 2 aliphatic heterocycles. The Labute approximate surface area is 171 Å². The first kappa shape index (κ1) is 18.4. The molecular formula is C23H27N3O3. The molecule has 6 nitrogen and oxygen atoms in total. The Bertz CT molecular complexity index is 929. The van der Waals surface area contributed by atoms with Gasteiger partial charge in [-0.1, -0.05) is 11.6 Å². The highest BCUT2D eigenvalue weighted by molar-refractivity contribution is 6.00. The van der Waals surface area contributed by atoms with Gasteiger partial charge in [-0.2, -0.15) is 0 Å². The molecule has 4 aliphatic rings. The molecule has 152 valence electrons. The maximum atomic E-state index is 13.1. The van der Waals surface area contributed by atoms with Crippen LogP contribution in [0.3, 0.4) is 0 Å². The minimum Gasteiger partial charge on any atom is -0.501 e. The molecule has 29 heavy (non-hydrogen) atoms. The lowest BCUT2D eigenvalue weighted by molar-refractivity contribution is -0.131. The van der Waals surface area contributed by atoms with E-state index in [0.29, 0.717) is 24.7 Å². The number of anilines is 1. The van der Waals surface area contributed by atoms with Gasteiger partial charge in [0.05, 0.1) is 12.9 Å². The average Bonchev–Trinajstić information content (AvgIpc) is 3.60. The second kappa shape index (κ2) is 7.32. The Hall–Kier alpha value is -2.63. The van der Waals surface area contributed by atoms with Gasteiger partial charge < -0.3 is 9.64 Å². The molecule has 0 spiro atoms. The quantitative estimate of drug-likeness (QED) is 0.789. The summed E-state index contributed by atoms with van der Waals surface area (Å²) >= 11 is 0. The van der Waals surface area contributed by atoms with Crippen molar-refractivity contribution in [3.63, 3.8) is 0 Å². The summed E-state index contributed by atoms with van der Waals surface area (Å²) in [5.41, 5.74) is 5.01. The van der Waals surface area contributed by atoms with Crippen LogP contribution in [0.1, 0.15) is 55.6 Å². The number of hydrogen-bond acceptors (Lipinski definition) is 4. The van der Waals surface area contributed by atoms with Crippen LogP contribution in [0.4, 0.5) is 5.82 Å². The molecule has 2 aliphatic carbocycles. The summed E-state index contributed by atoms with van der Waals surface area (Å²) in [7, 11) is 1.70. The van der Waals surface area contributed by atoms with Gasteiger partial charge in [-0.25, -0.2) is 4.98 Å². The third-order valence-corrected chi connectivity index (χ3v) is 6.59. The molecule has 0 aromatic carbocycles. The predicted molar refractivity (Wildman–Crippen MR) is 109 cm³/mol. The average molecular weight is 393 g/mol. The number of rotatable bonds is 4. The summed E-state index contributed by atoms with van der Waals surface area (Å²) in [6.45, 7) is 1.39. The van der Waals surface area contributed by atoms with Crippen molar-refractivity contribution in [2.45, 2.75) is 50.9 Å². The monoisotopic (exact) mass is 393 g/mol. The number of aromatic nitrogens is 1. The van der Waals surface area contributed by atoms with Crippen molar-refractivity contribution in [2.24, 2.45) is 0 Å². The van der Waals surface area contributed by atoms with E-state index in [2.05, 4.69) is 17.1 Å². The molecule has 1 fully saturated rings. The Morgan fingerprint density at radius 2 is 2.07 bits per heavy atom. The molecule has 6 heteroatoms. The maximum Gasteiger partial charge on any atom is 0.243 e. The molecule has 1 aromatic rings. The Kier molecular flexibility index (Phi) is 4.64. The second-order valence-electron chi connectivity index (χ2n) is 8.51. The highest BCUT2D eigenvalue weighted by atomic mass is 16.5. The number of hydrogen-bond donors (Lipinski definition) is 0. The Morgan fingerprint density at radius 1 is 1.21 bits per heavy atom.